The van der Waals surface area contributed by atoms with Gasteiger partial charge in [0.1, 0.15) is 0 Å². The summed E-state index contributed by atoms with van der Waals surface area (Å²) in [5, 5.41) is 8.81. The van der Waals surface area contributed by atoms with Crippen LogP contribution < -0.4 is 10.3 Å². The van der Waals surface area contributed by atoms with Gasteiger partial charge in [-0.3, -0.25) is 9.78 Å². The molecular formula is C22H15BrCl2N4O2. The predicted octanol–water partition coefficient (Wildman–Crippen LogP) is 5.49. The van der Waals surface area contributed by atoms with Crippen molar-refractivity contribution in [1.29, 1.82) is 0 Å². The Bertz CT molecular complexity index is 1180. The molecule has 156 valence electrons. The number of hydrogen-bond acceptors (Lipinski definition) is 4. The number of benzene rings is 2. The number of ketones is 1. The fourth-order valence-corrected chi connectivity index (χ4v) is 4.10. The number of urea groups is 1. The Morgan fingerprint density at radius 3 is 2.42 bits per heavy atom. The van der Waals surface area contributed by atoms with Crippen LogP contribution in [-0.4, -0.2) is 29.6 Å². The Balaban J connectivity index is 1.54. The zero-order chi connectivity index (χ0) is 22.0. The number of nitrogens with one attached hydrogen (secondary N) is 1. The van der Waals surface area contributed by atoms with Gasteiger partial charge in [-0.15, -0.1) is 0 Å². The Kier molecular flexibility index (Phi) is 6.36. The lowest BCUT2D eigenvalue weighted by Gasteiger charge is -2.22. The van der Waals surface area contributed by atoms with Crippen LogP contribution in [0.25, 0.3) is 0 Å². The highest BCUT2D eigenvalue weighted by Gasteiger charge is 2.20. The summed E-state index contributed by atoms with van der Waals surface area (Å²) in [5.41, 5.74) is 3.21. The number of amides is 2. The van der Waals surface area contributed by atoms with Crippen LogP contribution >= 0.6 is 39.1 Å². The summed E-state index contributed by atoms with van der Waals surface area (Å²) >= 11 is 16.3. The van der Waals surface area contributed by atoms with Crippen molar-refractivity contribution >= 4 is 62.8 Å². The number of nitrogens with zero attached hydrogens (tertiary/aromatic N) is 3. The minimum Gasteiger partial charge on any atom is -0.331 e. The minimum absolute atomic E-state index is 0.110. The zero-order valence-corrected chi connectivity index (χ0v) is 19.1. The van der Waals surface area contributed by atoms with Crippen molar-refractivity contribution < 1.29 is 9.59 Å². The van der Waals surface area contributed by atoms with E-state index in [9.17, 15) is 9.59 Å². The summed E-state index contributed by atoms with van der Waals surface area (Å²) in [6.45, 7) is 0.380. The smallest absolute Gasteiger partial charge is 0.331 e. The van der Waals surface area contributed by atoms with Crippen molar-refractivity contribution in [3.05, 3.63) is 91.6 Å². The Morgan fingerprint density at radius 2 is 1.77 bits per heavy atom. The lowest BCUT2D eigenvalue weighted by molar-refractivity contribution is 0.103. The van der Waals surface area contributed by atoms with Crippen LogP contribution in [0.4, 0.5) is 10.5 Å². The number of anilines is 1. The largest absolute Gasteiger partial charge is 0.342 e. The molecule has 1 aromatic heterocycles. The number of carbonyl (C=O) groups is 2. The monoisotopic (exact) mass is 516 g/mol. The Hall–Kier alpha value is -2.74. The molecule has 0 radical (unpaired) electrons. The first kappa shape index (κ1) is 21.5. The minimum atomic E-state index is -0.344. The van der Waals surface area contributed by atoms with Gasteiger partial charge in [-0.25, -0.2) is 4.79 Å². The highest BCUT2D eigenvalue weighted by molar-refractivity contribution is 9.10. The molecule has 0 unspecified atom stereocenters. The number of halogens is 3. The molecule has 4 rings (SSSR count). The summed E-state index contributed by atoms with van der Waals surface area (Å²) < 4.78 is 0.746. The number of carbonyl (C=O) groups excluding carboxylic acids is 2. The van der Waals surface area contributed by atoms with Crippen LogP contribution in [0, 0.1) is 0 Å². The van der Waals surface area contributed by atoms with E-state index in [4.69, 9.17) is 23.2 Å². The van der Waals surface area contributed by atoms with Gasteiger partial charge < -0.3 is 5.32 Å². The third kappa shape index (κ3) is 4.79. The third-order valence-corrected chi connectivity index (χ3v) is 5.78. The van der Waals surface area contributed by atoms with Crippen LogP contribution in [0.2, 0.25) is 10.0 Å². The molecule has 31 heavy (non-hydrogen) atoms. The van der Waals surface area contributed by atoms with E-state index in [0.717, 1.165) is 15.6 Å². The first-order valence-electron chi connectivity index (χ1n) is 9.25. The van der Waals surface area contributed by atoms with Gasteiger partial charge >= 0.3 is 6.03 Å². The molecule has 0 saturated carbocycles. The summed E-state index contributed by atoms with van der Waals surface area (Å²) in [6, 6.07) is 12.0. The highest BCUT2D eigenvalue weighted by Crippen LogP contribution is 2.33. The van der Waals surface area contributed by atoms with E-state index >= 15 is 0 Å². The van der Waals surface area contributed by atoms with E-state index in [1.54, 1.807) is 42.7 Å². The summed E-state index contributed by atoms with van der Waals surface area (Å²) in [6.07, 6.45) is 5.22. The number of aromatic nitrogens is 1. The van der Waals surface area contributed by atoms with Gasteiger partial charge in [-0.1, -0.05) is 47.5 Å². The van der Waals surface area contributed by atoms with Crippen molar-refractivity contribution in [2.45, 2.75) is 6.42 Å². The Labute approximate surface area is 197 Å². The molecule has 2 amide bonds. The van der Waals surface area contributed by atoms with Crippen molar-refractivity contribution in [3.63, 3.8) is 0 Å². The van der Waals surface area contributed by atoms with E-state index in [-0.39, 0.29) is 11.8 Å². The first-order valence-corrected chi connectivity index (χ1v) is 10.8. The molecule has 0 bridgehead atoms. The fourth-order valence-electron chi connectivity index (χ4n) is 3.13. The molecule has 0 saturated heterocycles. The lowest BCUT2D eigenvalue weighted by Crippen LogP contribution is -2.41. The number of pyridine rings is 1. The van der Waals surface area contributed by atoms with Crippen molar-refractivity contribution in [1.82, 2.24) is 10.3 Å². The second-order valence-electron chi connectivity index (χ2n) is 6.78. The second-order valence-corrected chi connectivity index (χ2v) is 8.51. The molecule has 0 fully saturated rings. The maximum atomic E-state index is 12.6. The highest BCUT2D eigenvalue weighted by atomic mass is 79.9. The first-order chi connectivity index (χ1) is 14.9. The van der Waals surface area contributed by atoms with Crippen LogP contribution in [0.1, 0.15) is 27.0 Å². The average Bonchev–Trinajstić information content (AvgIpc) is 2.76. The predicted molar refractivity (Wildman–Crippen MR) is 125 cm³/mol. The lowest BCUT2D eigenvalue weighted by atomic mass is 10.00. The number of hydrogen-bond donors (Lipinski definition) is 1. The average molecular weight is 518 g/mol. The third-order valence-electron chi connectivity index (χ3n) is 4.67. The molecule has 0 spiro atoms. The quantitative estimate of drug-likeness (QED) is 0.455. The zero-order valence-electron chi connectivity index (χ0n) is 16.0. The molecule has 0 aliphatic carbocycles. The molecule has 1 aliphatic rings. The van der Waals surface area contributed by atoms with Crippen LogP contribution in [0.15, 0.2) is 64.4 Å². The van der Waals surface area contributed by atoms with Gasteiger partial charge in [-0.2, -0.15) is 10.1 Å². The van der Waals surface area contributed by atoms with Gasteiger partial charge in [0.05, 0.1) is 12.2 Å². The molecule has 9 heteroatoms. The van der Waals surface area contributed by atoms with Crippen molar-refractivity contribution in [2.24, 2.45) is 5.10 Å². The van der Waals surface area contributed by atoms with Crippen molar-refractivity contribution in [2.75, 3.05) is 11.6 Å². The van der Waals surface area contributed by atoms with E-state index in [0.29, 0.717) is 39.8 Å². The summed E-state index contributed by atoms with van der Waals surface area (Å²) in [7, 11) is 0. The van der Waals surface area contributed by atoms with Gasteiger partial charge in [0.25, 0.3) is 0 Å². The van der Waals surface area contributed by atoms with E-state index in [1.807, 2.05) is 12.1 Å². The van der Waals surface area contributed by atoms with Crippen LogP contribution in [-0.2, 0) is 6.42 Å². The molecule has 1 N–H and O–H groups in total. The molecule has 1 aliphatic heterocycles. The van der Waals surface area contributed by atoms with Gasteiger partial charge in [0, 0.05) is 50.7 Å². The molecular weight excluding hydrogens is 503 g/mol. The molecule has 2 heterocycles. The second kappa shape index (κ2) is 9.18. The van der Waals surface area contributed by atoms with E-state index < -0.39 is 0 Å². The van der Waals surface area contributed by atoms with Gasteiger partial charge in [0.15, 0.2) is 5.78 Å². The van der Waals surface area contributed by atoms with E-state index in [2.05, 4.69) is 31.3 Å². The van der Waals surface area contributed by atoms with Gasteiger partial charge in [-0.05, 0) is 45.3 Å². The molecule has 2 aromatic carbocycles. The maximum absolute atomic E-state index is 12.6. The number of rotatable bonds is 5. The Morgan fingerprint density at radius 1 is 1.06 bits per heavy atom. The maximum Gasteiger partial charge on any atom is 0.342 e. The number of hydrazone groups is 1. The summed E-state index contributed by atoms with van der Waals surface area (Å²) in [4.78, 5) is 28.7. The topological polar surface area (TPSA) is 74.7 Å². The fraction of sp³-hybridized carbons (Fsp3) is 0.0909. The normalized spacial score (nSPS) is 13.3. The standard InChI is InChI=1S/C22H15BrCl2N4O2/c23-16-8-15(11-26-12-16)21(30)14-3-1-13(2-4-14)7-18-19(24)9-17(10-20(18)25)29-22(31)27-5-6-28-29/h1-4,6,8-12H,5,7H2,(H,27,31). The van der Waals surface area contributed by atoms with Crippen LogP contribution in [0.5, 0.6) is 0 Å². The summed E-state index contributed by atoms with van der Waals surface area (Å²) in [5.74, 6) is -0.110. The van der Waals surface area contributed by atoms with Crippen molar-refractivity contribution in [3.8, 4) is 0 Å². The molecule has 3 aromatic rings. The van der Waals surface area contributed by atoms with E-state index in [1.165, 1.54) is 11.2 Å². The SMILES string of the molecule is O=C(c1ccc(Cc2c(Cl)cc(N3N=CCNC3=O)cc2Cl)cc1)c1cncc(Br)c1. The van der Waals surface area contributed by atoms with Gasteiger partial charge in [0.2, 0.25) is 0 Å². The van der Waals surface area contributed by atoms with Crippen LogP contribution in [0.3, 0.4) is 0 Å². The molecule has 6 nitrogen and oxygen atoms in total. The molecule has 0 atom stereocenters.